The van der Waals surface area contributed by atoms with Crippen LogP contribution in [-0.4, -0.2) is 49.3 Å². The average Bonchev–Trinajstić information content (AvgIpc) is 3.07. The molecule has 4 aromatic rings. The second-order valence-corrected chi connectivity index (χ2v) is 15.3. The van der Waals surface area contributed by atoms with Crippen molar-refractivity contribution < 1.29 is 30.5 Å². The van der Waals surface area contributed by atoms with Crippen LogP contribution < -0.4 is 4.90 Å². The fourth-order valence-corrected chi connectivity index (χ4v) is 7.56. The van der Waals surface area contributed by atoms with Gasteiger partial charge >= 0.3 is 0 Å². The Morgan fingerprint density at radius 1 is 0.780 bits per heavy atom. The minimum Gasteiger partial charge on any atom is -0.744 e. The molecule has 0 saturated heterocycles. The highest BCUT2D eigenvalue weighted by Gasteiger charge is 2.21. The monoisotopic (exact) mass is 729 g/mol. The Labute approximate surface area is 299 Å². The van der Waals surface area contributed by atoms with Gasteiger partial charge < -0.3 is 14.0 Å². The molecule has 0 aromatic heterocycles. The number of halogens is 1. The molecule has 8 nitrogen and oxygen atoms in total. The van der Waals surface area contributed by atoms with E-state index in [1.807, 2.05) is 64.1 Å². The van der Waals surface area contributed by atoms with Crippen molar-refractivity contribution in [2.45, 2.75) is 50.6 Å². The summed E-state index contributed by atoms with van der Waals surface area (Å²) in [6.45, 7) is 10.3. The number of aryl methyl sites for hydroxylation is 1. The highest BCUT2D eigenvalue weighted by atomic mass is 35.5. The Balaban J connectivity index is 1.54. The first-order valence-corrected chi connectivity index (χ1v) is 19.3. The largest absolute Gasteiger partial charge is 0.744 e. The van der Waals surface area contributed by atoms with Gasteiger partial charge in [0.1, 0.15) is 26.8 Å². The predicted octanol–water partition coefficient (Wildman–Crippen LogP) is 7.47. The summed E-state index contributed by atoms with van der Waals surface area (Å²) in [4.78, 5) is 1.64. The normalized spacial score (nSPS) is 15.5. The predicted molar refractivity (Wildman–Crippen MR) is 197 cm³/mol. The van der Waals surface area contributed by atoms with Gasteiger partial charge in [0.2, 0.25) is 5.71 Å². The second-order valence-electron chi connectivity index (χ2n) is 12.1. The van der Waals surface area contributed by atoms with Crippen molar-refractivity contribution in [3.63, 3.8) is 0 Å². The van der Waals surface area contributed by atoms with Crippen LogP contribution in [0, 0.1) is 6.92 Å². The Morgan fingerprint density at radius 3 is 2.00 bits per heavy atom. The minimum atomic E-state index is -4.56. The summed E-state index contributed by atoms with van der Waals surface area (Å²) >= 11 is 6.81. The molecule has 0 fully saturated rings. The third-order valence-electron chi connectivity index (χ3n) is 8.68. The molecule has 50 heavy (non-hydrogen) atoms. The van der Waals surface area contributed by atoms with Gasteiger partial charge in [-0.05, 0) is 110 Å². The molecule has 4 aromatic carbocycles. The number of hydrogen-bond donors (Lipinski definition) is 0. The first-order chi connectivity index (χ1) is 23.7. The molecule has 0 saturated carbocycles. The molecule has 0 atom stereocenters. The standard InChI is InChI=1S/C39H39ClN2O6S2/c1-5-41(25-29-11-9-13-33(23-29)49(43,44)45)37-19-17-31(21-27(37)3)39(35-15-7-8-16-36(35)40)32-18-20-38(28(4)22-32)42(6-2)26-30-12-10-14-34(24-30)50(46,47)48/h7-24H,5-6,25-26H2,1-4H3,(H-,43,44,45,46,47,48)/p-1. The van der Waals surface area contributed by atoms with Gasteiger partial charge in [0.25, 0.3) is 0 Å². The van der Waals surface area contributed by atoms with E-state index in [1.165, 1.54) is 24.3 Å². The van der Waals surface area contributed by atoms with Crippen molar-refractivity contribution in [1.82, 2.24) is 0 Å². The average molecular weight is 730 g/mol. The van der Waals surface area contributed by atoms with Crippen molar-refractivity contribution in [3.8, 4) is 0 Å². The number of allylic oxidation sites excluding steroid dienone is 5. The van der Waals surface area contributed by atoms with Crippen LogP contribution in [0.15, 0.2) is 130 Å². The number of hydrogen-bond acceptors (Lipinski definition) is 7. The summed E-state index contributed by atoms with van der Waals surface area (Å²) in [7, 11) is -9.12. The van der Waals surface area contributed by atoms with E-state index in [9.17, 15) is 25.9 Å². The van der Waals surface area contributed by atoms with Crippen molar-refractivity contribution in [2.24, 2.45) is 0 Å². The van der Waals surface area contributed by atoms with E-state index in [4.69, 9.17) is 11.6 Å². The smallest absolute Gasteiger partial charge is 0.203 e. The fourth-order valence-electron chi connectivity index (χ4n) is 6.25. The number of benzene rings is 4. The third kappa shape index (κ3) is 8.51. The Bertz CT molecular complexity index is 2290. The molecule has 0 unspecified atom stereocenters. The zero-order chi connectivity index (χ0) is 36.2. The lowest BCUT2D eigenvalue weighted by Gasteiger charge is -2.26. The molecule has 0 radical (unpaired) electrons. The van der Waals surface area contributed by atoms with Crippen LogP contribution in [0.5, 0.6) is 0 Å². The molecule has 1 aliphatic rings. The fraction of sp³-hybridized carbons (Fsp3) is 0.205. The van der Waals surface area contributed by atoms with Gasteiger partial charge in [-0.15, -0.1) is 0 Å². The van der Waals surface area contributed by atoms with Crippen LogP contribution in [0.4, 0.5) is 5.69 Å². The topological polar surface area (TPSA) is 121 Å². The van der Waals surface area contributed by atoms with Crippen LogP contribution in [0.25, 0.3) is 5.57 Å². The van der Waals surface area contributed by atoms with Crippen molar-refractivity contribution in [2.75, 3.05) is 18.0 Å². The second kappa shape index (κ2) is 15.3. The molecule has 260 valence electrons. The van der Waals surface area contributed by atoms with E-state index in [0.29, 0.717) is 31.2 Å². The van der Waals surface area contributed by atoms with E-state index >= 15 is 0 Å². The minimum absolute atomic E-state index is 0.246. The summed E-state index contributed by atoms with van der Waals surface area (Å²) < 4.78 is 71.8. The summed E-state index contributed by atoms with van der Waals surface area (Å²) in [5.41, 5.74) is 9.16. The molecule has 11 heteroatoms. The number of anilines is 1. The highest BCUT2D eigenvalue weighted by molar-refractivity contribution is 7.86. The first-order valence-electron chi connectivity index (χ1n) is 16.1. The molecule has 0 bridgehead atoms. The third-order valence-corrected chi connectivity index (χ3v) is 10.7. The number of rotatable bonds is 11. The Kier molecular flexibility index (Phi) is 11.3. The van der Waals surface area contributed by atoms with Gasteiger partial charge in [-0.25, -0.2) is 21.4 Å². The van der Waals surface area contributed by atoms with Gasteiger partial charge in [0, 0.05) is 46.6 Å². The molecule has 0 N–H and O–H groups in total. The molecule has 5 rings (SSSR count). The van der Waals surface area contributed by atoms with Crippen LogP contribution in [0.1, 0.15) is 48.6 Å². The van der Waals surface area contributed by atoms with E-state index in [0.717, 1.165) is 55.9 Å². The quantitative estimate of drug-likeness (QED) is 0.116. The van der Waals surface area contributed by atoms with Gasteiger partial charge in [-0.1, -0.05) is 60.1 Å². The van der Waals surface area contributed by atoms with Crippen molar-refractivity contribution in [1.29, 1.82) is 0 Å². The van der Waals surface area contributed by atoms with E-state index in [-0.39, 0.29) is 9.79 Å². The molecular weight excluding hydrogens is 692 g/mol. The highest BCUT2D eigenvalue weighted by Crippen LogP contribution is 2.37. The molecule has 0 amide bonds. The zero-order valence-electron chi connectivity index (χ0n) is 28.3. The van der Waals surface area contributed by atoms with Crippen molar-refractivity contribution in [3.05, 3.63) is 153 Å². The molecule has 1 aliphatic carbocycles. The zero-order valence-corrected chi connectivity index (χ0v) is 30.6. The maximum absolute atomic E-state index is 11.6. The van der Waals surface area contributed by atoms with Crippen LogP contribution in [0.2, 0.25) is 5.02 Å². The molecule has 0 aliphatic heterocycles. The lowest BCUT2D eigenvalue weighted by molar-refractivity contribution is -0.539. The van der Waals surface area contributed by atoms with E-state index in [2.05, 4.69) is 45.9 Å². The maximum atomic E-state index is 11.6. The first kappa shape index (κ1) is 36.9. The lowest BCUT2D eigenvalue weighted by atomic mass is 9.88. The summed E-state index contributed by atoms with van der Waals surface area (Å²) in [5, 5.41) is 0.609. The molecule has 0 heterocycles. The van der Waals surface area contributed by atoms with Gasteiger partial charge in [-0.3, -0.25) is 0 Å². The van der Waals surface area contributed by atoms with Crippen LogP contribution in [-0.2, 0) is 33.3 Å². The number of nitrogens with zero attached hydrogens (tertiary/aromatic N) is 2. The lowest BCUT2D eigenvalue weighted by Crippen LogP contribution is -2.23. The van der Waals surface area contributed by atoms with E-state index < -0.39 is 20.2 Å². The van der Waals surface area contributed by atoms with Crippen LogP contribution in [0.3, 0.4) is 0 Å². The molecule has 0 spiro atoms. The van der Waals surface area contributed by atoms with E-state index in [1.54, 1.807) is 12.1 Å². The van der Waals surface area contributed by atoms with Crippen molar-refractivity contribution >= 4 is 48.8 Å². The summed E-state index contributed by atoms with van der Waals surface area (Å²) in [5.74, 6) is 0. The maximum Gasteiger partial charge on any atom is 0.203 e. The Morgan fingerprint density at radius 2 is 1.42 bits per heavy atom. The SMILES string of the molecule is CCN(Cc1cccc(S(=O)(=O)[O-])c1)c1ccc(/C(=C2/C=CC(=[N+](CC)Cc3cccc(S(=O)(=O)[O-])c3)C(C)=C2)c2ccccc2Cl)cc1C. The van der Waals surface area contributed by atoms with Gasteiger partial charge in [0.05, 0.1) is 9.79 Å². The van der Waals surface area contributed by atoms with Gasteiger partial charge in [0.15, 0.2) is 6.54 Å². The summed E-state index contributed by atoms with van der Waals surface area (Å²) in [6, 6.07) is 26.2. The Hall–Kier alpha value is -4.32. The summed E-state index contributed by atoms with van der Waals surface area (Å²) in [6.07, 6.45) is 6.23. The molecular formula is C39H38ClN2O6S2-. The van der Waals surface area contributed by atoms with Gasteiger partial charge in [-0.2, -0.15) is 0 Å². The van der Waals surface area contributed by atoms with Crippen LogP contribution >= 0.6 is 11.6 Å².